The summed E-state index contributed by atoms with van der Waals surface area (Å²) >= 11 is 0. The predicted molar refractivity (Wildman–Crippen MR) is 43.7 cm³/mol. The third kappa shape index (κ3) is 1.95. The Bertz CT molecular complexity index is 268. The molecule has 0 fully saturated rings. The number of non-ortho nitro benzene ring substituents is 1. The van der Waals surface area contributed by atoms with Crippen LogP contribution in [0.2, 0.25) is 0 Å². The molecule has 4 heteroatoms. The summed E-state index contributed by atoms with van der Waals surface area (Å²) < 4.78 is 4.99. The molecule has 4 nitrogen and oxygen atoms in total. The minimum atomic E-state index is -0.445. The van der Waals surface area contributed by atoms with Gasteiger partial charge in [0.25, 0.3) is 5.69 Å². The number of hydrogen-bond acceptors (Lipinski definition) is 3. The van der Waals surface area contributed by atoms with Crippen molar-refractivity contribution in [3.05, 3.63) is 41.0 Å². The molecular weight excluding hydrogens is 158 g/mol. The summed E-state index contributed by atoms with van der Waals surface area (Å²) in [6.45, 7) is 3.25. The van der Waals surface area contributed by atoms with E-state index < -0.39 is 4.92 Å². The van der Waals surface area contributed by atoms with Crippen molar-refractivity contribution in [2.24, 2.45) is 0 Å². The van der Waals surface area contributed by atoms with E-state index in [9.17, 15) is 10.1 Å². The molecule has 0 saturated heterocycles. The number of nitro groups is 1. The van der Waals surface area contributed by atoms with Gasteiger partial charge in [-0.1, -0.05) is 0 Å². The van der Waals surface area contributed by atoms with Gasteiger partial charge in [-0.3, -0.25) is 10.1 Å². The van der Waals surface area contributed by atoms with Crippen LogP contribution in [-0.2, 0) is 0 Å². The molecule has 0 N–H and O–H groups in total. The van der Waals surface area contributed by atoms with E-state index in [-0.39, 0.29) is 5.69 Å². The van der Waals surface area contributed by atoms with Crippen molar-refractivity contribution in [2.45, 2.75) is 6.92 Å². The third-order valence-electron chi connectivity index (χ3n) is 1.30. The normalized spacial score (nSPS) is 9.42. The molecule has 0 atom stereocenters. The van der Waals surface area contributed by atoms with Crippen LogP contribution in [0.15, 0.2) is 24.3 Å². The van der Waals surface area contributed by atoms with Crippen LogP contribution in [0.4, 0.5) is 5.69 Å². The van der Waals surface area contributed by atoms with E-state index in [1.165, 1.54) is 18.7 Å². The molecular formula is C8H8NO3. The zero-order valence-electron chi connectivity index (χ0n) is 6.56. The molecule has 12 heavy (non-hydrogen) atoms. The highest BCUT2D eigenvalue weighted by Gasteiger charge is 2.03. The topological polar surface area (TPSA) is 52.4 Å². The standard InChI is InChI=1S/C8H8NO3/c1-2-12-8-5-3-7(4-6-8)9(10)11/h2-6H,1H3. The number of hydrogen-bond donors (Lipinski definition) is 0. The largest absolute Gasteiger partial charge is 0.487 e. The Hall–Kier alpha value is -1.58. The maximum absolute atomic E-state index is 10.2. The van der Waals surface area contributed by atoms with Crippen LogP contribution >= 0.6 is 0 Å². The SMILES string of the molecule is C[CH]Oc1ccc([N+](=O)[O-])cc1. The van der Waals surface area contributed by atoms with Gasteiger partial charge >= 0.3 is 0 Å². The number of nitro benzene ring substituents is 1. The zero-order chi connectivity index (χ0) is 8.97. The fourth-order valence-electron chi connectivity index (χ4n) is 0.783. The van der Waals surface area contributed by atoms with Crippen molar-refractivity contribution >= 4 is 5.69 Å². The van der Waals surface area contributed by atoms with Crippen molar-refractivity contribution in [3.8, 4) is 5.75 Å². The first kappa shape index (κ1) is 8.52. The Labute approximate surface area is 69.9 Å². The second-order valence-electron chi connectivity index (χ2n) is 2.10. The first-order valence-electron chi connectivity index (χ1n) is 3.43. The summed E-state index contributed by atoms with van der Waals surface area (Å²) in [6.07, 6.45) is 0. The van der Waals surface area contributed by atoms with Gasteiger partial charge in [0, 0.05) is 12.1 Å². The molecule has 1 radical (unpaired) electrons. The van der Waals surface area contributed by atoms with Gasteiger partial charge in [0.1, 0.15) is 12.4 Å². The summed E-state index contributed by atoms with van der Waals surface area (Å²) in [5.41, 5.74) is 0.0680. The molecule has 0 unspecified atom stereocenters. The van der Waals surface area contributed by atoms with Gasteiger partial charge in [-0.15, -0.1) is 0 Å². The molecule has 0 spiro atoms. The molecule has 1 rings (SSSR count). The lowest BCUT2D eigenvalue weighted by Gasteiger charge is -1.99. The molecule has 0 aliphatic carbocycles. The maximum atomic E-state index is 10.2. The smallest absolute Gasteiger partial charge is 0.269 e. The van der Waals surface area contributed by atoms with Gasteiger partial charge in [0.15, 0.2) is 0 Å². The maximum Gasteiger partial charge on any atom is 0.269 e. The Morgan fingerprint density at radius 1 is 1.42 bits per heavy atom. The van der Waals surface area contributed by atoms with Crippen molar-refractivity contribution in [1.82, 2.24) is 0 Å². The molecule has 0 aliphatic heterocycles. The van der Waals surface area contributed by atoms with E-state index in [1.54, 1.807) is 19.1 Å². The lowest BCUT2D eigenvalue weighted by atomic mass is 10.3. The summed E-state index contributed by atoms with van der Waals surface area (Å²) in [4.78, 5) is 9.78. The minimum absolute atomic E-state index is 0.0680. The van der Waals surface area contributed by atoms with E-state index in [0.29, 0.717) is 5.75 Å². The third-order valence-corrected chi connectivity index (χ3v) is 1.30. The number of ether oxygens (including phenoxy) is 1. The molecule has 1 aromatic carbocycles. The second kappa shape index (κ2) is 3.71. The Morgan fingerprint density at radius 2 is 2.00 bits per heavy atom. The Morgan fingerprint density at radius 3 is 2.42 bits per heavy atom. The Balaban J connectivity index is 2.78. The van der Waals surface area contributed by atoms with Gasteiger partial charge in [-0.05, 0) is 19.1 Å². The predicted octanol–water partition coefficient (Wildman–Crippen LogP) is 2.16. The lowest BCUT2D eigenvalue weighted by molar-refractivity contribution is -0.384. The van der Waals surface area contributed by atoms with E-state index >= 15 is 0 Å². The quantitative estimate of drug-likeness (QED) is 0.510. The van der Waals surface area contributed by atoms with Gasteiger partial charge in [-0.2, -0.15) is 0 Å². The molecule has 1 aromatic rings. The van der Waals surface area contributed by atoms with Crippen LogP contribution in [0, 0.1) is 16.7 Å². The van der Waals surface area contributed by atoms with Gasteiger partial charge in [0.05, 0.1) is 4.92 Å². The van der Waals surface area contributed by atoms with Gasteiger partial charge in [0.2, 0.25) is 0 Å². The molecule has 0 aromatic heterocycles. The summed E-state index contributed by atoms with van der Waals surface area (Å²) in [5.74, 6) is 0.600. The lowest BCUT2D eigenvalue weighted by Crippen LogP contribution is -1.88. The van der Waals surface area contributed by atoms with Crippen LogP contribution in [0.1, 0.15) is 6.92 Å². The first-order chi connectivity index (χ1) is 5.74. The van der Waals surface area contributed by atoms with Crippen LogP contribution in [0.25, 0.3) is 0 Å². The highest BCUT2D eigenvalue weighted by molar-refractivity contribution is 5.36. The Kier molecular flexibility index (Phi) is 2.63. The van der Waals surface area contributed by atoms with Gasteiger partial charge < -0.3 is 4.74 Å². The molecule has 0 saturated carbocycles. The molecule has 0 amide bonds. The molecule has 0 heterocycles. The average Bonchev–Trinajstić information content (AvgIpc) is 2.06. The van der Waals surface area contributed by atoms with E-state index in [0.717, 1.165) is 0 Å². The first-order valence-corrected chi connectivity index (χ1v) is 3.43. The summed E-state index contributed by atoms with van der Waals surface area (Å²) in [7, 11) is 0. The van der Waals surface area contributed by atoms with Crippen LogP contribution in [0.5, 0.6) is 5.75 Å². The van der Waals surface area contributed by atoms with Crippen LogP contribution in [0.3, 0.4) is 0 Å². The van der Waals surface area contributed by atoms with Gasteiger partial charge in [-0.25, -0.2) is 0 Å². The highest BCUT2D eigenvalue weighted by atomic mass is 16.6. The molecule has 0 aliphatic rings. The number of rotatable bonds is 3. The van der Waals surface area contributed by atoms with Crippen molar-refractivity contribution in [2.75, 3.05) is 0 Å². The highest BCUT2D eigenvalue weighted by Crippen LogP contribution is 2.17. The number of benzene rings is 1. The average molecular weight is 166 g/mol. The second-order valence-corrected chi connectivity index (χ2v) is 2.10. The van der Waals surface area contributed by atoms with E-state index in [2.05, 4.69) is 0 Å². The monoisotopic (exact) mass is 166 g/mol. The van der Waals surface area contributed by atoms with Crippen LogP contribution in [-0.4, -0.2) is 4.92 Å². The summed E-state index contributed by atoms with van der Waals surface area (Å²) in [6, 6.07) is 5.91. The van der Waals surface area contributed by atoms with E-state index in [4.69, 9.17) is 4.74 Å². The molecule has 0 bridgehead atoms. The fraction of sp³-hybridized carbons (Fsp3) is 0.125. The van der Waals surface area contributed by atoms with E-state index in [1.807, 2.05) is 0 Å². The van der Waals surface area contributed by atoms with Crippen LogP contribution < -0.4 is 4.74 Å². The van der Waals surface area contributed by atoms with Crippen molar-refractivity contribution in [3.63, 3.8) is 0 Å². The van der Waals surface area contributed by atoms with Crippen molar-refractivity contribution < 1.29 is 9.66 Å². The summed E-state index contributed by atoms with van der Waals surface area (Å²) in [5, 5.41) is 10.2. The molecule has 63 valence electrons. The van der Waals surface area contributed by atoms with Crippen molar-refractivity contribution in [1.29, 1.82) is 0 Å². The number of nitrogens with zero attached hydrogens (tertiary/aromatic N) is 1. The fourth-order valence-corrected chi connectivity index (χ4v) is 0.783. The minimum Gasteiger partial charge on any atom is -0.487 e. The zero-order valence-corrected chi connectivity index (χ0v) is 6.56.